The maximum atomic E-state index is 13.6. The van der Waals surface area contributed by atoms with Crippen molar-refractivity contribution < 1.29 is 12.8 Å². The van der Waals surface area contributed by atoms with Crippen molar-refractivity contribution in [2.45, 2.75) is 4.90 Å². The van der Waals surface area contributed by atoms with Gasteiger partial charge in [-0.1, -0.05) is 11.6 Å². The zero-order valence-electron chi connectivity index (χ0n) is 10.1. The normalized spacial score (nSPS) is 12.1. The van der Waals surface area contributed by atoms with E-state index in [4.69, 9.17) is 17.3 Å². The molecular formula is C10H15ClFN3O2S. The van der Waals surface area contributed by atoms with E-state index >= 15 is 0 Å². The van der Waals surface area contributed by atoms with Crippen molar-refractivity contribution in [3.8, 4) is 0 Å². The summed E-state index contributed by atoms with van der Waals surface area (Å²) in [5.74, 6) is -0.989. The lowest BCUT2D eigenvalue weighted by molar-refractivity contribution is 0.412. The molecule has 8 heteroatoms. The first-order valence-corrected chi connectivity index (χ1v) is 6.99. The maximum absolute atomic E-state index is 13.6. The molecule has 3 N–H and O–H groups in total. The van der Waals surface area contributed by atoms with Crippen LogP contribution in [0.15, 0.2) is 17.0 Å². The van der Waals surface area contributed by atoms with Gasteiger partial charge in [-0.3, -0.25) is 0 Å². The minimum absolute atomic E-state index is 0.0712. The van der Waals surface area contributed by atoms with E-state index < -0.39 is 20.7 Å². The Balaban J connectivity index is 2.98. The highest BCUT2D eigenvalue weighted by Crippen LogP contribution is 2.24. The van der Waals surface area contributed by atoms with Crippen LogP contribution in [0.4, 0.5) is 10.1 Å². The number of nitrogen functional groups attached to an aromatic ring is 1. The molecule has 0 spiro atoms. The third-order valence-corrected chi connectivity index (χ3v) is 3.85. The molecule has 5 nitrogen and oxygen atoms in total. The molecule has 0 bridgehead atoms. The summed E-state index contributed by atoms with van der Waals surface area (Å²) < 4.78 is 39.6. The molecule has 102 valence electrons. The highest BCUT2D eigenvalue weighted by molar-refractivity contribution is 7.89. The quantitative estimate of drug-likeness (QED) is 0.792. The summed E-state index contributed by atoms with van der Waals surface area (Å²) in [6.45, 7) is 0.665. The van der Waals surface area contributed by atoms with E-state index in [-0.39, 0.29) is 17.3 Å². The molecule has 0 amide bonds. The van der Waals surface area contributed by atoms with E-state index in [2.05, 4.69) is 4.72 Å². The Morgan fingerprint density at radius 3 is 2.61 bits per heavy atom. The van der Waals surface area contributed by atoms with Gasteiger partial charge in [-0.2, -0.15) is 0 Å². The Hall–Kier alpha value is -0.890. The second-order valence-electron chi connectivity index (χ2n) is 4.01. The van der Waals surface area contributed by atoms with Gasteiger partial charge in [0.05, 0.1) is 5.69 Å². The Morgan fingerprint density at radius 1 is 1.44 bits per heavy atom. The van der Waals surface area contributed by atoms with Crippen molar-refractivity contribution >= 4 is 27.3 Å². The van der Waals surface area contributed by atoms with E-state index in [0.717, 1.165) is 12.1 Å². The summed E-state index contributed by atoms with van der Waals surface area (Å²) in [6, 6.07) is 2.20. The number of nitrogens with one attached hydrogen (secondary N) is 1. The van der Waals surface area contributed by atoms with Crippen LogP contribution in [-0.2, 0) is 10.0 Å². The highest BCUT2D eigenvalue weighted by Gasteiger charge is 2.21. The number of nitrogens with zero attached hydrogens (tertiary/aromatic N) is 1. The SMILES string of the molecule is CN(C)CCNS(=O)(=O)c1cc(Cl)cc(N)c1F. The van der Waals surface area contributed by atoms with Crippen molar-refractivity contribution in [2.75, 3.05) is 32.9 Å². The fourth-order valence-electron chi connectivity index (χ4n) is 1.26. The molecule has 1 aromatic rings. The zero-order chi connectivity index (χ0) is 13.9. The molecule has 0 aliphatic rings. The molecule has 0 radical (unpaired) electrons. The topological polar surface area (TPSA) is 75.4 Å². The largest absolute Gasteiger partial charge is 0.396 e. The molecular weight excluding hydrogens is 281 g/mol. The summed E-state index contributed by atoms with van der Waals surface area (Å²) >= 11 is 5.67. The molecule has 1 rings (SSSR count). The predicted molar refractivity (Wildman–Crippen MR) is 69.6 cm³/mol. The van der Waals surface area contributed by atoms with Crippen LogP contribution in [-0.4, -0.2) is 40.5 Å². The van der Waals surface area contributed by atoms with Gasteiger partial charge >= 0.3 is 0 Å². The minimum Gasteiger partial charge on any atom is -0.396 e. The van der Waals surface area contributed by atoms with Crippen molar-refractivity contribution in [3.05, 3.63) is 23.0 Å². The van der Waals surface area contributed by atoms with Crippen molar-refractivity contribution in [3.63, 3.8) is 0 Å². The summed E-state index contributed by atoms with van der Waals surface area (Å²) in [6.07, 6.45) is 0. The summed E-state index contributed by atoms with van der Waals surface area (Å²) in [4.78, 5) is 1.26. The lowest BCUT2D eigenvalue weighted by atomic mass is 10.3. The van der Waals surface area contributed by atoms with Gasteiger partial charge < -0.3 is 10.6 Å². The molecule has 0 unspecified atom stereocenters. The fraction of sp³-hybridized carbons (Fsp3) is 0.400. The lowest BCUT2D eigenvalue weighted by Crippen LogP contribution is -2.32. The minimum atomic E-state index is -3.95. The summed E-state index contributed by atoms with van der Waals surface area (Å²) in [5.41, 5.74) is 5.04. The number of halogens is 2. The molecule has 0 atom stereocenters. The number of benzene rings is 1. The average Bonchev–Trinajstić information content (AvgIpc) is 2.22. The molecule has 0 aromatic heterocycles. The maximum Gasteiger partial charge on any atom is 0.243 e. The van der Waals surface area contributed by atoms with Crippen molar-refractivity contribution in [1.82, 2.24) is 9.62 Å². The van der Waals surface area contributed by atoms with Gasteiger partial charge in [0.15, 0.2) is 5.82 Å². The van der Waals surface area contributed by atoms with Crippen LogP contribution in [0.1, 0.15) is 0 Å². The predicted octanol–water partition coefficient (Wildman–Crippen LogP) is 0.901. The molecule has 0 saturated carbocycles. The number of likely N-dealkylation sites (N-methyl/N-ethyl adjacent to an activating group) is 1. The molecule has 0 saturated heterocycles. The van der Waals surface area contributed by atoms with Crippen molar-refractivity contribution in [2.24, 2.45) is 0 Å². The standard InChI is InChI=1S/C10H15ClFN3O2S/c1-15(2)4-3-14-18(16,17)9-6-7(11)5-8(13)10(9)12/h5-6,14H,3-4,13H2,1-2H3. The average molecular weight is 296 g/mol. The Labute approximate surface area is 111 Å². The molecule has 0 heterocycles. The molecule has 18 heavy (non-hydrogen) atoms. The second kappa shape index (κ2) is 5.83. The van der Waals surface area contributed by atoms with Gasteiger partial charge in [-0.05, 0) is 26.2 Å². The number of hydrogen-bond acceptors (Lipinski definition) is 4. The first-order chi connectivity index (χ1) is 8.24. The third-order valence-electron chi connectivity index (χ3n) is 2.17. The molecule has 0 aliphatic heterocycles. The van der Waals surface area contributed by atoms with E-state index in [1.807, 2.05) is 0 Å². The summed E-state index contributed by atoms with van der Waals surface area (Å²) in [5, 5.41) is 0.0712. The Kier molecular flexibility index (Phi) is 4.92. The monoisotopic (exact) mass is 295 g/mol. The van der Waals surface area contributed by atoms with Gasteiger partial charge in [-0.15, -0.1) is 0 Å². The zero-order valence-corrected chi connectivity index (χ0v) is 11.6. The Morgan fingerprint density at radius 2 is 2.06 bits per heavy atom. The van der Waals surface area contributed by atoms with Gasteiger partial charge in [0.2, 0.25) is 10.0 Å². The number of rotatable bonds is 5. The number of hydrogen-bond donors (Lipinski definition) is 2. The number of sulfonamides is 1. The van der Waals surface area contributed by atoms with Crippen LogP contribution in [0, 0.1) is 5.82 Å². The Bertz CT molecular complexity index is 534. The number of nitrogens with two attached hydrogens (primary N) is 1. The van der Waals surface area contributed by atoms with Crippen LogP contribution in [0.3, 0.4) is 0 Å². The van der Waals surface area contributed by atoms with Gasteiger partial charge in [0.25, 0.3) is 0 Å². The first-order valence-electron chi connectivity index (χ1n) is 5.13. The van der Waals surface area contributed by atoms with Crippen LogP contribution in [0.25, 0.3) is 0 Å². The first kappa shape index (κ1) is 15.2. The van der Waals surface area contributed by atoms with Crippen LogP contribution < -0.4 is 10.5 Å². The van der Waals surface area contributed by atoms with Crippen molar-refractivity contribution in [1.29, 1.82) is 0 Å². The van der Waals surface area contributed by atoms with Gasteiger partial charge in [-0.25, -0.2) is 17.5 Å². The molecule has 0 fully saturated rings. The smallest absolute Gasteiger partial charge is 0.243 e. The second-order valence-corrected chi connectivity index (χ2v) is 6.18. The molecule has 0 aliphatic carbocycles. The van der Waals surface area contributed by atoms with Crippen LogP contribution in [0.2, 0.25) is 5.02 Å². The van der Waals surface area contributed by atoms with E-state index in [0.29, 0.717) is 6.54 Å². The molecule has 1 aromatic carbocycles. The van der Waals surface area contributed by atoms with Crippen LogP contribution >= 0.6 is 11.6 Å². The summed E-state index contributed by atoms with van der Waals surface area (Å²) in [7, 11) is -0.352. The highest BCUT2D eigenvalue weighted by atomic mass is 35.5. The van der Waals surface area contributed by atoms with Gasteiger partial charge in [0.1, 0.15) is 4.90 Å². The van der Waals surface area contributed by atoms with E-state index in [1.54, 1.807) is 19.0 Å². The van der Waals surface area contributed by atoms with Crippen LogP contribution in [0.5, 0.6) is 0 Å². The van der Waals surface area contributed by atoms with Gasteiger partial charge in [0, 0.05) is 18.1 Å². The third kappa shape index (κ3) is 3.81. The van der Waals surface area contributed by atoms with E-state index in [1.165, 1.54) is 0 Å². The van der Waals surface area contributed by atoms with E-state index in [9.17, 15) is 12.8 Å². The fourth-order valence-corrected chi connectivity index (χ4v) is 2.70. The lowest BCUT2D eigenvalue weighted by Gasteiger charge is -2.12. The number of anilines is 1.